The van der Waals surface area contributed by atoms with Crippen LogP contribution in [0.15, 0.2) is 60.7 Å². The van der Waals surface area contributed by atoms with Crippen molar-refractivity contribution >= 4 is 28.3 Å². The number of nitrogens with zero attached hydrogens (tertiary/aromatic N) is 2. The van der Waals surface area contributed by atoms with Gasteiger partial charge in [0.25, 0.3) is 5.91 Å². The fourth-order valence-corrected chi connectivity index (χ4v) is 3.77. The fraction of sp³-hybridized carbons (Fsp3) is 0.250. The summed E-state index contributed by atoms with van der Waals surface area (Å²) in [6, 6.07) is 19.5. The van der Waals surface area contributed by atoms with Crippen molar-refractivity contribution in [1.82, 2.24) is 4.90 Å². The van der Waals surface area contributed by atoms with E-state index in [4.69, 9.17) is 4.74 Å². The minimum Gasteiger partial charge on any atom is -0.497 e. The van der Waals surface area contributed by atoms with E-state index in [2.05, 4.69) is 6.07 Å². The van der Waals surface area contributed by atoms with E-state index in [9.17, 15) is 9.59 Å². The number of anilines is 1. The molecule has 1 fully saturated rings. The number of methoxy groups -OCH3 is 1. The van der Waals surface area contributed by atoms with Crippen molar-refractivity contribution in [2.45, 2.75) is 19.4 Å². The molecule has 4 rings (SSSR count). The molecule has 1 aliphatic rings. The van der Waals surface area contributed by atoms with Crippen LogP contribution in [0.25, 0.3) is 10.8 Å². The third-order valence-corrected chi connectivity index (χ3v) is 5.38. The lowest BCUT2D eigenvalue weighted by Gasteiger charge is -2.19. The van der Waals surface area contributed by atoms with Gasteiger partial charge >= 0.3 is 0 Å². The van der Waals surface area contributed by atoms with Crippen molar-refractivity contribution in [3.05, 3.63) is 71.8 Å². The average molecular weight is 388 g/mol. The molecule has 1 aliphatic heterocycles. The Kier molecular flexibility index (Phi) is 5.21. The molecule has 0 spiro atoms. The highest BCUT2D eigenvalue weighted by molar-refractivity contribution is 5.97. The molecular formula is C24H24N2O3. The van der Waals surface area contributed by atoms with Gasteiger partial charge in [0.05, 0.1) is 7.11 Å². The molecule has 2 amide bonds. The Hall–Kier alpha value is -3.34. The fourth-order valence-electron chi connectivity index (χ4n) is 3.77. The highest BCUT2D eigenvalue weighted by atomic mass is 16.5. The number of benzene rings is 3. The average Bonchev–Trinajstić information content (AvgIpc) is 3.18. The molecule has 1 heterocycles. The monoisotopic (exact) mass is 388 g/mol. The van der Waals surface area contributed by atoms with Crippen LogP contribution >= 0.6 is 0 Å². The molecule has 3 aromatic rings. The van der Waals surface area contributed by atoms with Crippen molar-refractivity contribution in [3.63, 3.8) is 0 Å². The number of carbonyl (C=O) groups excluding carboxylic acids is 2. The molecule has 0 bridgehead atoms. The van der Waals surface area contributed by atoms with Crippen LogP contribution in [-0.4, -0.2) is 37.4 Å². The largest absolute Gasteiger partial charge is 0.497 e. The smallest absolute Gasteiger partial charge is 0.253 e. The summed E-state index contributed by atoms with van der Waals surface area (Å²) >= 11 is 0. The van der Waals surface area contributed by atoms with Crippen LogP contribution in [0.2, 0.25) is 0 Å². The molecule has 0 radical (unpaired) electrons. The highest BCUT2D eigenvalue weighted by Gasteiger charge is 2.22. The van der Waals surface area contributed by atoms with Crippen molar-refractivity contribution in [2.24, 2.45) is 0 Å². The summed E-state index contributed by atoms with van der Waals surface area (Å²) in [5, 5.41) is 2.22. The van der Waals surface area contributed by atoms with Gasteiger partial charge in [0.15, 0.2) is 0 Å². The number of fused-ring (bicyclic) bond motifs is 1. The minimum absolute atomic E-state index is 0.0425. The van der Waals surface area contributed by atoms with E-state index in [0.29, 0.717) is 18.5 Å². The zero-order valence-electron chi connectivity index (χ0n) is 16.7. The van der Waals surface area contributed by atoms with E-state index < -0.39 is 0 Å². The molecule has 29 heavy (non-hydrogen) atoms. The number of hydrogen-bond donors (Lipinski definition) is 0. The Labute approximate surface area is 170 Å². The lowest BCUT2D eigenvalue weighted by atomic mass is 10.1. The summed E-state index contributed by atoms with van der Waals surface area (Å²) in [6.07, 6.45) is 1.49. The molecule has 1 saturated heterocycles. The molecule has 0 aromatic heterocycles. The van der Waals surface area contributed by atoms with Crippen LogP contribution < -0.4 is 9.64 Å². The molecule has 3 aromatic carbocycles. The first kappa shape index (κ1) is 19.0. The summed E-state index contributed by atoms with van der Waals surface area (Å²) in [4.78, 5) is 28.2. The minimum atomic E-state index is -0.0425. The Balaban J connectivity index is 1.46. The lowest BCUT2D eigenvalue weighted by Crippen LogP contribution is -2.26. The van der Waals surface area contributed by atoms with Gasteiger partial charge in [-0.1, -0.05) is 18.2 Å². The number of rotatable bonds is 5. The second kappa shape index (κ2) is 7.95. The van der Waals surface area contributed by atoms with Gasteiger partial charge in [0, 0.05) is 37.8 Å². The predicted octanol–water partition coefficient (Wildman–Crippen LogP) is 4.25. The van der Waals surface area contributed by atoms with Gasteiger partial charge < -0.3 is 14.5 Å². The number of hydrogen-bond acceptors (Lipinski definition) is 3. The Morgan fingerprint density at radius 1 is 1.03 bits per heavy atom. The van der Waals surface area contributed by atoms with Crippen LogP contribution in [0, 0.1) is 0 Å². The first-order chi connectivity index (χ1) is 14.0. The highest BCUT2D eigenvalue weighted by Crippen LogP contribution is 2.24. The number of amides is 2. The summed E-state index contributed by atoms with van der Waals surface area (Å²) in [6.45, 7) is 1.27. The number of carbonyl (C=O) groups is 2. The van der Waals surface area contributed by atoms with E-state index in [1.54, 1.807) is 36.1 Å². The van der Waals surface area contributed by atoms with Gasteiger partial charge in [0.1, 0.15) is 5.75 Å². The molecular weight excluding hydrogens is 364 g/mol. The van der Waals surface area contributed by atoms with Crippen molar-refractivity contribution < 1.29 is 14.3 Å². The maximum Gasteiger partial charge on any atom is 0.253 e. The van der Waals surface area contributed by atoms with E-state index in [1.807, 2.05) is 42.5 Å². The van der Waals surface area contributed by atoms with Crippen LogP contribution in [-0.2, 0) is 11.3 Å². The van der Waals surface area contributed by atoms with Crippen LogP contribution in [0.3, 0.4) is 0 Å². The quantitative estimate of drug-likeness (QED) is 0.657. The summed E-state index contributed by atoms with van der Waals surface area (Å²) in [7, 11) is 3.46. The van der Waals surface area contributed by atoms with E-state index >= 15 is 0 Å². The van der Waals surface area contributed by atoms with E-state index in [0.717, 1.165) is 40.7 Å². The Morgan fingerprint density at radius 2 is 1.76 bits per heavy atom. The molecule has 5 nitrogen and oxygen atoms in total. The molecule has 0 saturated carbocycles. The number of ether oxygens (including phenoxy) is 1. The van der Waals surface area contributed by atoms with Crippen LogP contribution in [0.1, 0.15) is 28.8 Å². The Morgan fingerprint density at radius 3 is 2.45 bits per heavy atom. The van der Waals surface area contributed by atoms with Gasteiger partial charge in [-0.25, -0.2) is 0 Å². The molecule has 0 unspecified atom stereocenters. The standard InChI is InChI=1S/C24H24N2O3/c1-25(16-17-5-6-20-15-22(29-2)12-9-19(20)14-17)24(28)18-7-10-21(11-8-18)26-13-3-4-23(26)27/h5-12,14-15H,3-4,13,16H2,1-2H3. The third kappa shape index (κ3) is 3.94. The SMILES string of the molecule is COc1ccc2cc(CN(C)C(=O)c3ccc(N4CCCC4=O)cc3)ccc2c1. The summed E-state index contributed by atoms with van der Waals surface area (Å²) < 4.78 is 5.27. The second-order valence-electron chi connectivity index (χ2n) is 7.40. The van der Waals surface area contributed by atoms with Crippen LogP contribution in [0.5, 0.6) is 5.75 Å². The van der Waals surface area contributed by atoms with Gasteiger partial charge in [-0.05, 0) is 65.2 Å². The van der Waals surface area contributed by atoms with Crippen LogP contribution in [0.4, 0.5) is 5.69 Å². The van der Waals surface area contributed by atoms with Gasteiger partial charge in [-0.3, -0.25) is 9.59 Å². The first-order valence-electron chi connectivity index (χ1n) is 9.78. The maximum atomic E-state index is 12.8. The predicted molar refractivity (Wildman–Crippen MR) is 114 cm³/mol. The van der Waals surface area contributed by atoms with E-state index in [1.165, 1.54) is 0 Å². The first-order valence-corrected chi connectivity index (χ1v) is 9.78. The summed E-state index contributed by atoms with van der Waals surface area (Å²) in [5.74, 6) is 0.936. The van der Waals surface area contributed by atoms with Gasteiger partial charge in [-0.2, -0.15) is 0 Å². The topological polar surface area (TPSA) is 49.9 Å². The Bertz CT molecular complexity index is 1060. The lowest BCUT2D eigenvalue weighted by molar-refractivity contribution is -0.117. The molecule has 5 heteroatoms. The second-order valence-corrected chi connectivity index (χ2v) is 7.40. The third-order valence-electron chi connectivity index (χ3n) is 5.38. The molecule has 0 N–H and O–H groups in total. The molecule has 0 atom stereocenters. The normalized spacial score (nSPS) is 13.7. The molecule has 0 aliphatic carbocycles. The maximum absolute atomic E-state index is 12.8. The zero-order valence-corrected chi connectivity index (χ0v) is 16.7. The van der Waals surface area contributed by atoms with Crippen molar-refractivity contribution in [1.29, 1.82) is 0 Å². The zero-order chi connectivity index (χ0) is 20.4. The van der Waals surface area contributed by atoms with Gasteiger partial charge in [0.2, 0.25) is 5.91 Å². The van der Waals surface area contributed by atoms with E-state index in [-0.39, 0.29) is 11.8 Å². The summed E-state index contributed by atoms with van der Waals surface area (Å²) in [5.41, 5.74) is 2.54. The molecule has 148 valence electrons. The van der Waals surface area contributed by atoms with Crippen molar-refractivity contribution in [3.8, 4) is 5.75 Å². The van der Waals surface area contributed by atoms with Gasteiger partial charge in [-0.15, -0.1) is 0 Å². The van der Waals surface area contributed by atoms with Crippen molar-refractivity contribution in [2.75, 3.05) is 25.6 Å².